The minimum absolute atomic E-state index is 0.335. The number of nitrogens with zero attached hydrogens (tertiary/aromatic N) is 1. The van der Waals surface area contributed by atoms with Gasteiger partial charge < -0.3 is 10.1 Å². The quantitative estimate of drug-likeness (QED) is 0.729. The molecule has 0 aliphatic heterocycles. The summed E-state index contributed by atoms with van der Waals surface area (Å²) >= 11 is 0. The summed E-state index contributed by atoms with van der Waals surface area (Å²) < 4.78 is 4.71. The number of nitrogens with one attached hydrogen (secondary N) is 1. The zero-order valence-corrected chi connectivity index (χ0v) is 13.2. The van der Waals surface area contributed by atoms with Gasteiger partial charge in [0.05, 0.1) is 18.2 Å². The highest BCUT2D eigenvalue weighted by atomic mass is 16.5. The number of aromatic nitrogens is 1. The largest absolute Gasteiger partial charge is 0.465 e. The van der Waals surface area contributed by atoms with Crippen LogP contribution in [0.1, 0.15) is 22.8 Å². The van der Waals surface area contributed by atoms with Gasteiger partial charge in [0.15, 0.2) is 0 Å². The van der Waals surface area contributed by atoms with E-state index in [-0.39, 0.29) is 5.97 Å². The Bertz CT molecular complexity index is 842. The van der Waals surface area contributed by atoms with Crippen LogP contribution in [-0.4, -0.2) is 18.1 Å². The molecule has 0 amide bonds. The van der Waals surface area contributed by atoms with Crippen LogP contribution in [0.4, 0.5) is 11.4 Å². The molecule has 1 heterocycles. The second-order valence-electron chi connectivity index (χ2n) is 5.26. The van der Waals surface area contributed by atoms with E-state index in [1.807, 2.05) is 24.3 Å². The number of carbonyl (C=O) groups excluding carboxylic acids is 1. The van der Waals surface area contributed by atoms with E-state index < -0.39 is 0 Å². The first-order valence-electron chi connectivity index (χ1n) is 7.54. The fraction of sp³-hybridized carbons (Fsp3) is 0.158. The van der Waals surface area contributed by atoms with Crippen molar-refractivity contribution in [3.8, 4) is 0 Å². The molecule has 4 heteroatoms. The molecule has 0 saturated heterocycles. The summed E-state index contributed by atoms with van der Waals surface area (Å²) in [6.07, 6.45) is 2.78. The molecule has 0 bridgehead atoms. The molecule has 3 aromatic rings. The number of methoxy groups -OCH3 is 1. The smallest absolute Gasteiger partial charge is 0.337 e. The van der Waals surface area contributed by atoms with E-state index in [1.54, 1.807) is 18.3 Å². The number of ether oxygens (including phenoxy) is 1. The van der Waals surface area contributed by atoms with Crippen molar-refractivity contribution < 1.29 is 9.53 Å². The van der Waals surface area contributed by atoms with Gasteiger partial charge in [-0.05, 0) is 54.4 Å². The Hall–Kier alpha value is -2.88. The number of aryl methyl sites for hydroxylation is 1. The van der Waals surface area contributed by atoms with Crippen molar-refractivity contribution in [3.05, 3.63) is 65.9 Å². The molecule has 0 unspecified atom stereocenters. The minimum atomic E-state index is -0.335. The number of fused-ring (bicyclic) bond motifs is 1. The van der Waals surface area contributed by atoms with Crippen LogP contribution in [0.5, 0.6) is 0 Å². The van der Waals surface area contributed by atoms with Gasteiger partial charge in [-0.3, -0.25) is 4.98 Å². The fourth-order valence-corrected chi connectivity index (χ4v) is 2.49. The standard InChI is InChI=1S/C19H18N2O2/c1-3-13-4-9-17-16(12-13)18(10-11-20-17)21-15-7-5-14(6-8-15)19(22)23-2/h4-12H,3H2,1-2H3,(H,20,21). The van der Waals surface area contributed by atoms with Gasteiger partial charge in [0.1, 0.15) is 0 Å². The number of benzene rings is 2. The highest BCUT2D eigenvalue weighted by Crippen LogP contribution is 2.26. The lowest BCUT2D eigenvalue weighted by molar-refractivity contribution is 0.0601. The maximum atomic E-state index is 11.5. The van der Waals surface area contributed by atoms with Crippen molar-refractivity contribution in [1.82, 2.24) is 4.98 Å². The summed E-state index contributed by atoms with van der Waals surface area (Å²) in [6.45, 7) is 2.14. The first-order chi connectivity index (χ1) is 11.2. The third-order valence-corrected chi connectivity index (χ3v) is 3.80. The van der Waals surface area contributed by atoms with Crippen molar-refractivity contribution in [1.29, 1.82) is 0 Å². The maximum Gasteiger partial charge on any atom is 0.337 e. The minimum Gasteiger partial charge on any atom is -0.465 e. The van der Waals surface area contributed by atoms with Crippen LogP contribution in [0.3, 0.4) is 0 Å². The molecular weight excluding hydrogens is 288 g/mol. The van der Waals surface area contributed by atoms with Crippen molar-refractivity contribution in [2.45, 2.75) is 13.3 Å². The van der Waals surface area contributed by atoms with Crippen molar-refractivity contribution in [2.75, 3.05) is 12.4 Å². The molecule has 2 aromatic carbocycles. The summed E-state index contributed by atoms with van der Waals surface area (Å²) in [5, 5.41) is 4.48. The average molecular weight is 306 g/mol. The molecule has 23 heavy (non-hydrogen) atoms. The number of carbonyl (C=O) groups is 1. The van der Waals surface area contributed by atoms with Gasteiger partial charge in [-0.25, -0.2) is 4.79 Å². The van der Waals surface area contributed by atoms with Crippen LogP contribution < -0.4 is 5.32 Å². The van der Waals surface area contributed by atoms with Crippen LogP contribution in [0.15, 0.2) is 54.7 Å². The van der Waals surface area contributed by atoms with E-state index in [0.29, 0.717) is 5.56 Å². The topological polar surface area (TPSA) is 51.2 Å². The monoisotopic (exact) mass is 306 g/mol. The first-order valence-corrected chi connectivity index (χ1v) is 7.54. The van der Waals surface area contributed by atoms with Gasteiger partial charge in [0.25, 0.3) is 0 Å². The number of anilines is 2. The van der Waals surface area contributed by atoms with Crippen LogP contribution in [0.2, 0.25) is 0 Å². The van der Waals surface area contributed by atoms with E-state index in [2.05, 4.69) is 29.4 Å². The highest BCUT2D eigenvalue weighted by Gasteiger charge is 2.06. The van der Waals surface area contributed by atoms with E-state index in [9.17, 15) is 4.79 Å². The molecule has 0 saturated carbocycles. The number of esters is 1. The van der Waals surface area contributed by atoms with Gasteiger partial charge in [-0.1, -0.05) is 13.0 Å². The van der Waals surface area contributed by atoms with Gasteiger partial charge in [0.2, 0.25) is 0 Å². The van der Waals surface area contributed by atoms with E-state index in [0.717, 1.165) is 28.7 Å². The lowest BCUT2D eigenvalue weighted by atomic mass is 10.1. The second-order valence-corrected chi connectivity index (χ2v) is 5.26. The molecule has 0 aliphatic carbocycles. The average Bonchev–Trinajstić information content (AvgIpc) is 2.61. The number of pyridine rings is 1. The van der Waals surface area contributed by atoms with Gasteiger partial charge in [-0.15, -0.1) is 0 Å². The third-order valence-electron chi connectivity index (χ3n) is 3.80. The van der Waals surface area contributed by atoms with Crippen LogP contribution in [-0.2, 0) is 11.2 Å². The SMILES string of the molecule is CCc1ccc2nccc(Nc3ccc(C(=O)OC)cc3)c2c1. The van der Waals surface area contributed by atoms with E-state index in [1.165, 1.54) is 12.7 Å². The predicted octanol–water partition coefficient (Wildman–Crippen LogP) is 4.33. The Balaban J connectivity index is 1.93. The van der Waals surface area contributed by atoms with Crippen molar-refractivity contribution in [2.24, 2.45) is 0 Å². The highest BCUT2D eigenvalue weighted by molar-refractivity contribution is 5.94. The molecule has 1 N–H and O–H groups in total. The molecule has 0 atom stereocenters. The fourth-order valence-electron chi connectivity index (χ4n) is 2.49. The third kappa shape index (κ3) is 3.16. The van der Waals surface area contributed by atoms with E-state index >= 15 is 0 Å². The lowest BCUT2D eigenvalue weighted by Crippen LogP contribution is -2.01. The summed E-state index contributed by atoms with van der Waals surface area (Å²) in [5.74, 6) is -0.335. The van der Waals surface area contributed by atoms with Crippen LogP contribution in [0, 0.1) is 0 Å². The molecular formula is C19H18N2O2. The molecule has 3 rings (SSSR count). The number of hydrogen-bond donors (Lipinski definition) is 1. The predicted molar refractivity (Wildman–Crippen MR) is 92.2 cm³/mol. The molecule has 4 nitrogen and oxygen atoms in total. The maximum absolute atomic E-state index is 11.5. The van der Waals surface area contributed by atoms with Crippen LogP contribution >= 0.6 is 0 Å². The van der Waals surface area contributed by atoms with Gasteiger partial charge >= 0.3 is 5.97 Å². The summed E-state index contributed by atoms with van der Waals surface area (Å²) in [5.41, 5.74) is 4.67. The lowest BCUT2D eigenvalue weighted by Gasteiger charge is -2.11. The Kier molecular flexibility index (Phi) is 4.24. The number of rotatable bonds is 4. The second kappa shape index (κ2) is 6.48. The first kappa shape index (κ1) is 15.0. The number of hydrogen-bond acceptors (Lipinski definition) is 4. The Morgan fingerprint density at radius 3 is 2.61 bits per heavy atom. The molecule has 116 valence electrons. The van der Waals surface area contributed by atoms with E-state index in [4.69, 9.17) is 4.74 Å². The van der Waals surface area contributed by atoms with Gasteiger partial charge in [0, 0.05) is 23.0 Å². The molecule has 0 spiro atoms. The summed E-state index contributed by atoms with van der Waals surface area (Å²) in [4.78, 5) is 15.9. The zero-order chi connectivity index (χ0) is 16.2. The van der Waals surface area contributed by atoms with Crippen molar-refractivity contribution in [3.63, 3.8) is 0 Å². The Morgan fingerprint density at radius 2 is 1.91 bits per heavy atom. The molecule has 0 radical (unpaired) electrons. The Labute approximate surface area is 135 Å². The molecule has 1 aromatic heterocycles. The van der Waals surface area contributed by atoms with Gasteiger partial charge in [-0.2, -0.15) is 0 Å². The molecule has 0 aliphatic rings. The summed E-state index contributed by atoms with van der Waals surface area (Å²) in [7, 11) is 1.38. The van der Waals surface area contributed by atoms with Crippen molar-refractivity contribution >= 4 is 28.2 Å². The summed E-state index contributed by atoms with van der Waals surface area (Å²) in [6, 6.07) is 15.5. The molecule has 0 fully saturated rings. The Morgan fingerprint density at radius 1 is 1.13 bits per heavy atom. The van der Waals surface area contributed by atoms with Crippen LogP contribution in [0.25, 0.3) is 10.9 Å². The normalized spacial score (nSPS) is 10.5. The zero-order valence-electron chi connectivity index (χ0n) is 13.2.